The smallest absolute Gasteiger partial charge is 0.133 e. The molecule has 0 atom stereocenters. The first-order chi connectivity index (χ1) is 6.75. The molecule has 5 heteroatoms. The lowest BCUT2D eigenvalue weighted by atomic mass is 10.3. The highest BCUT2D eigenvalue weighted by atomic mass is 35.5. The second-order valence-corrected chi connectivity index (χ2v) is 3.56. The van der Waals surface area contributed by atoms with E-state index in [1.54, 1.807) is 0 Å². The molecule has 2 rings (SSSR count). The lowest BCUT2D eigenvalue weighted by Crippen LogP contribution is -2.36. The summed E-state index contributed by atoms with van der Waals surface area (Å²) in [6.07, 6.45) is 0. The van der Waals surface area contributed by atoms with Crippen LogP contribution in [0.3, 0.4) is 0 Å². The van der Waals surface area contributed by atoms with E-state index in [9.17, 15) is 0 Å². The summed E-state index contributed by atoms with van der Waals surface area (Å²) < 4.78 is 5.26. The highest BCUT2D eigenvalue weighted by molar-refractivity contribution is 6.29. The second-order valence-electron chi connectivity index (χ2n) is 3.17. The zero-order chi connectivity index (χ0) is 9.97. The quantitative estimate of drug-likeness (QED) is 0.712. The Morgan fingerprint density at radius 2 is 2.07 bits per heavy atom. The zero-order valence-electron chi connectivity index (χ0n) is 7.74. The van der Waals surface area contributed by atoms with Crippen molar-refractivity contribution in [2.45, 2.75) is 0 Å². The van der Waals surface area contributed by atoms with Crippen LogP contribution in [-0.4, -0.2) is 31.3 Å². The normalized spacial score (nSPS) is 17.1. The Hall–Kier alpha value is -1.00. The van der Waals surface area contributed by atoms with Crippen LogP contribution in [0, 0.1) is 0 Å². The summed E-state index contributed by atoms with van der Waals surface area (Å²) in [4.78, 5) is 6.10. The van der Waals surface area contributed by atoms with Gasteiger partial charge in [0.1, 0.15) is 11.0 Å². The Morgan fingerprint density at radius 1 is 1.36 bits per heavy atom. The number of aromatic nitrogens is 1. The van der Waals surface area contributed by atoms with Gasteiger partial charge in [0.2, 0.25) is 0 Å². The molecule has 0 unspecified atom stereocenters. The van der Waals surface area contributed by atoms with Crippen LogP contribution < -0.4 is 10.6 Å². The SMILES string of the molecule is Nc1cc(N2CCOCC2)cc(Cl)n1. The third-order valence-corrected chi connectivity index (χ3v) is 2.37. The number of pyridine rings is 1. The average molecular weight is 214 g/mol. The Kier molecular flexibility index (Phi) is 2.74. The summed E-state index contributed by atoms with van der Waals surface area (Å²) in [7, 11) is 0. The van der Waals surface area contributed by atoms with Gasteiger partial charge in [-0.1, -0.05) is 11.6 Å². The largest absolute Gasteiger partial charge is 0.384 e. The fourth-order valence-electron chi connectivity index (χ4n) is 1.51. The molecule has 1 fully saturated rings. The van der Waals surface area contributed by atoms with Crippen LogP contribution in [0.25, 0.3) is 0 Å². The maximum atomic E-state index is 5.82. The van der Waals surface area contributed by atoms with Gasteiger partial charge in [-0.25, -0.2) is 4.98 Å². The number of nitrogens with zero attached hydrogens (tertiary/aromatic N) is 2. The second kappa shape index (κ2) is 4.02. The summed E-state index contributed by atoms with van der Waals surface area (Å²) in [5, 5.41) is 0.437. The lowest BCUT2D eigenvalue weighted by molar-refractivity contribution is 0.122. The van der Waals surface area contributed by atoms with Gasteiger partial charge in [0.15, 0.2) is 0 Å². The highest BCUT2D eigenvalue weighted by Gasteiger charge is 2.12. The summed E-state index contributed by atoms with van der Waals surface area (Å²) in [6, 6.07) is 3.65. The number of rotatable bonds is 1. The molecular weight excluding hydrogens is 202 g/mol. The fraction of sp³-hybridized carbons (Fsp3) is 0.444. The van der Waals surface area contributed by atoms with E-state index in [1.165, 1.54) is 0 Å². The van der Waals surface area contributed by atoms with Crippen molar-refractivity contribution in [2.75, 3.05) is 36.9 Å². The van der Waals surface area contributed by atoms with Crippen LogP contribution in [0.1, 0.15) is 0 Å². The number of hydrogen-bond donors (Lipinski definition) is 1. The molecule has 1 aliphatic heterocycles. The van der Waals surface area contributed by atoms with Crippen molar-refractivity contribution in [1.82, 2.24) is 4.98 Å². The van der Waals surface area contributed by atoms with Crippen LogP contribution in [0.4, 0.5) is 11.5 Å². The number of nitrogens with two attached hydrogens (primary N) is 1. The van der Waals surface area contributed by atoms with E-state index < -0.39 is 0 Å². The number of anilines is 2. The van der Waals surface area contributed by atoms with E-state index in [0.29, 0.717) is 11.0 Å². The van der Waals surface area contributed by atoms with Crippen LogP contribution >= 0.6 is 11.6 Å². The molecule has 2 heterocycles. The minimum atomic E-state index is 0.437. The molecule has 0 bridgehead atoms. The molecule has 1 aromatic rings. The van der Waals surface area contributed by atoms with E-state index in [1.807, 2.05) is 12.1 Å². The van der Waals surface area contributed by atoms with E-state index in [4.69, 9.17) is 22.1 Å². The van der Waals surface area contributed by atoms with Crippen LogP contribution in [0.15, 0.2) is 12.1 Å². The first-order valence-corrected chi connectivity index (χ1v) is 4.89. The van der Waals surface area contributed by atoms with E-state index in [0.717, 1.165) is 32.0 Å². The van der Waals surface area contributed by atoms with Crippen molar-refractivity contribution in [1.29, 1.82) is 0 Å². The molecule has 0 spiro atoms. The number of halogens is 1. The van der Waals surface area contributed by atoms with Gasteiger partial charge in [0.05, 0.1) is 13.2 Å². The first-order valence-electron chi connectivity index (χ1n) is 4.51. The third kappa shape index (κ3) is 2.08. The Balaban J connectivity index is 2.21. The van der Waals surface area contributed by atoms with Gasteiger partial charge in [0, 0.05) is 24.8 Å². The van der Waals surface area contributed by atoms with Crippen LogP contribution in [-0.2, 0) is 4.74 Å². The summed E-state index contributed by atoms with van der Waals surface area (Å²) >= 11 is 5.82. The maximum Gasteiger partial charge on any atom is 0.133 e. The number of ether oxygens (including phenoxy) is 1. The van der Waals surface area contributed by atoms with E-state index in [-0.39, 0.29) is 0 Å². The Bertz CT molecular complexity index is 306. The Morgan fingerprint density at radius 3 is 2.71 bits per heavy atom. The molecule has 14 heavy (non-hydrogen) atoms. The van der Waals surface area contributed by atoms with Crippen molar-refractivity contribution in [2.24, 2.45) is 0 Å². The zero-order valence-corrected chi connectivity index (χ0v) is 8.50. The fourth-order valence-corrected chi connectivity index (χ4v) is 1.72. The molecule has 1 aromatic heterocycles. The van der Waals surface area contributed by atoms with E-state index >= 15 is 0 Å². The molecule has 0 aromatic carbocycles. The summed E-state index contributed by atoms with van der Waals surface area (Å²) in [5.41, 5.74) is 6.63. The van der Waals surface area contributed by atoms with Crippen LogP contribution in [0.2, 0.25) is 5.15 Å². The lowest BCUT2D eigenvalue weighted by Gasteiger charge is -2.28. The molecule has 0 radical (unpaired) electrons. The molecule has 76 valence electrons. The van der Waals surface area contributed by atoms with Gasteiger partial charge in [-0.05, 0) is 6.07 Å². The van der Waals surface area contributed by atoms with Crippen molar-refractivity contribution in [3.8, 4) is 0 Å². The van der Waals surface area contributed by atoms with Gasteiger partial charge in [-0.2, -0.15) is 0 Å². The van der Waals surface area contributed by atoms with Gasteiger partial charge in [-0.15, -0.1) is 0 Å². The number of morpholine rings is 1. The van der Waals surface area contributed by atoms with E-state index in [2.05, 4.69) is 9.88 Å². The van der Waals surface area contributed by atoms with Gasteiger partial charge >= 0.3 is 0 Å². The van der Waals surface area contributed by atoms with Gasteiger partial charge < -0.3 is 15.4 Å². The first kappa shape index (κ1) is 9.55. The van der Waals surface area contributed by atoms with Gasteiger partial charge in [0.25, 0.3) is 0 Å². The van der Waals surface area contributed by atoms with Crippen molar-refractivity contribution >= 4 is 23.1 Å². The summed E-state index contributed by atoms with van der Waals surface area (Å²) in [6.45, 7) is 3.25. The predicted octanol–water partition coefficient (Wildman–Crippen LogP) is 1.15. The minimum Gasteiger partial charge on any atom is -0.384 e. The standard InChI is InChI=1S/C9H12ClN3O/c10-8-5-7(6-9(11)12-8)13-1-3-14-4-2-13/h5-6H,1-4H2,(H2,11,12). The molecule has 1 aliphatic rings. The molecular formula is C9H12ClN3O. The molecule has 1 saturated heterocycles. The molecule has 2 N–H and O–H groups in total. The minimum absolute atomic E-state index is 0.437. The highest BCUT2D eigenvalue weighted by Crippen LogP contribution is 2.21. The molecule has 0 aliphatic carbocycles. The monoisotopic (exact) mass is 213 g/mol. The topological polar surface area (TPSA) is 51.4 Å². The Labute approximate surface area is 87.6 Å². The average Bonchev–Trinajstić information content (AvgIpc) is 2.18. The predicted molar refractivity (Wildman–Crippen MR) is 56.7 cm³/mol. The molecule has 0 amide bonds. The van der Waals surface area contributed by atoms with Crippen LogP contribution in [0.5, 0.6) is 0 Å². The summed E-state index contributed by atoms with van der Waals surface area (Å²) in [5.74, 6) is 0.457. The number of hydrogen-bond acceptors (Lipinski definition) is 4. The number of nitrogen functional groups attached to an aromatic ring is 1. The molecule has 4 nitrogen and oxygen atoms in total. The molecule has 0 saturated carbocycles. The third-order valence-electron chi connectivity index (χ3n) is 2.17. The van der Waals surface area contributed by atoms with Crippen molar-refractivity contribution in [3.63, 3.8) is 0 Å². The maximum absolute atomic E-state index is 5.82. The van der Waals surface area contributed by atoms with Crippen molar-refractivity contribution < 1.29 is 4.74 Å². The van der Waals surface area contributed by atoms with Gasteiger partial charge in [-0.3, -0.25) is 0 Å². The van der Waals surface area contributed by atoms with Crippen molar-refractivity contribution in [3.05, 3.63) is 17.3 Å².